The predicted molar refractivity (Wildman–Crippen MR) is 122 cm³/mol. The van der Waals surface area contributed by atoms with Gasteiger partial charge in [0.15, 0.2) is 5.69 Å². The fourth-order valence-corrected chi connectivity index (χ4v) is 3.68. The van der Waals surface area contributed by atoms with Gasteiger partial charge in [-0.15, -0.1) is 0 Å². The van der Waals surface area contributed by atoms with E-state index < -0.39 is 29.0 Å². The highest BCUT2D eigenvalue weighted by atomic mass is 16.4. The molecule has 1 amide bonds. The van der Waals surface area contributed by atoms with Crippen LogP contribution in [0.15, 0.2) is 64.2 Å². The van der Waals surface area contributed by atoms with Crippen LogP contribution in [0.2, 0.25) is 0 Å². The van der Waals surface area contributed by atoms with Crippen LogP contribution >= 0.6 is 0 Å². The molecule has 4 aromatic rings. The van der Waals surface area contributed by atoms with Gasteiger partial charge in [-0.25, -0.2) is 14.2 Å². The number of anilines is 1. The van der Waals surface area contributed by atoms with Crippen molar-refractivity contribution in [1.82, 2.24) is 19.1 Å². The van der Waals surface area contributed by atoms with E-state index in [2.05, 4.69) is 10.4 Å². The fraction of sp³-hybridized carbons (Fsp3) is 0.174. The molecule has 0 radical (unpaired) electrons. The molecule has 10 nitrogen and oxygen atoms in total. The highest BCUT2D eigenvalue weighted by Crippen LogP contribution is 2.18. The van der Waals surface area contributed by atoms with E-state index in [-0.39, 0.29) is 22.2 Å². The van der Waals surface area contributed by atoms with Crippen LogP contribution in [0.3, 0.4) is 0 Å². The van der Waals surface area contributed by atoms with Gasteiger partial charge < -0.3 is 10.4 Å². The number of hydrogen-bond donors (Lipinski definition) is 2. The summed E-state index contributed by atoms with van der Waals surface area (Å²) in [6.07, 6.45) is 0. The van der Waals surface area contributed by atoms with E-state index in [1.54, 1.807) is 55.1 Å². The van der Waals surface area contributed by atoms with Crippen molar-refractivity contribution in [3.63, 3.8) is 0 Å². The molecule has 10 heteroatoms. The first kappa shape index (κ1) is 21.8. The third-order valence-electron chi connectivity index (χ3n) is 5.58. The number of nitrogens with one attached hydrogen (secondary N) is 1. The number of carboxylic acid groups (broad SMARTS) is 1. The standard InChI is InChI=1S/C23H21N5O5/c1-13-18(22(31)28(26(13)3)15-9-5-4-6-10-15)24-20(29)14(2)27-21(30)17-12-8-7-11-16(17)19(25-27)23(32)33/h4-12,14H,1-3H3,(H,24,29)(H,32,33). The number of para-hydroxylation sites is 1. The van der Waals surface area contributed by atoms with Gasteiger partial charge in [-0.05, 0) is 32.0 Å². The second-order valence-electron chi connectivity index (χ2n) is 7.55. The highest BCUT2D eigenvalue weighted by Gasteiger charge is 2.25. The molecule has 2 N–H and O–H groups in total. The van der Waals surface area contributed by atoms with Gasteiger partial charge in [-0.3, -0.25) is 19.1 Å². The number of carboxylic acids is 1. The van der Waals surface area contributed by atoms with E-state index in [0.29, 0.717) is 11.4 Å². The van der Waals surface area contributed by atoms with Crippen molar-refractivity contribution < 1.29 is 14.7 Å². The van der Waals surface area contributed by atoms with Gasteiger partial charge in [0.1, 0.15) is 11.7 Å². The lowest BCUT2D eigenvalue weighted by Gasteiger charge is -2.15. The Morgan fingerprint density at radius 1 is 0.970 bits per heavy atom. The van der Waals surface area contributed by atoms with E-state index in [1.165, 1.54) is 23.7 Å². The molecule has 0 aliphatic heterocycles. The first-order valence-corrected chi connectivity index (χ1v) is 10.1. The molecule has 0 aliphatic rings. The summed E-state index contributed by atoms with van der Waals surface area (Å²) < 4.78 is 3.86. The average Bonchev–Trinajstić information content (AvgIpc) is 3.02. The van der Waals surface area contributed by atoms with Gasteiger partial charge >= 0.3 is 5.97 Å². The third-order valence-corrected chi connectivity index (χ3v) is 5.58. The van der Waals surface area contributed by atoms with E-state index in [4.69, 9.17) is 0 Å². The summed E-state index contributed by atoms with van der Waals surface area (Å²) in [7, 11) is 1.69. The number of hydrogen-bond acceptors (Lipinski definition) is 5. The quantitative estimate of drug-likeness (QED) is 0.482. The summed E-state index contributed by atoms with van der Waals surface area (Å²) in [5.41, 5.74) is -0.191. The second-order valence-corrected chi connectivity index (χ2v) is 7.55. The van der Waals surface area contributed by atoms with Gasteiger partial charge in [0.05, 0.1) is 16.8 Å². The van der Waals surface area contributed by atoms with Crippen LogP contribution in [0, 0.1) is 6.92 Å². The van der Waals surface area contributed by atoms with Crippen LogP contribution < -0.4 is 16.4 Å². The number of carbonyl (C=O) groups excluding carboxylic acids is 1. The Kier molecular flexibility index (Phi) is 5.42. The maximum Gasteiger partial charge on any atom is 0.357 e. The van der Waals surface area contributed by atoms with E-state index in [0.717, 1.165) is 4.68 Å². The molecule has 0 bridgehead atoms. The van der Waals surface area contributed by atoms with E-state index in [9.17, 15) is 24.3 Å². The molecule has 4 rings (SSSR count). The zero-order valence-corrected chi connectivity index (χ0v) is 18.1. The second kappa shape index (κ2) is 8.23. The molecular formula is C23H21N5O5. The Morgan fingerprint density at radius 2 is 1.58 bits per heavy atom. The monoisotopic (exact) mass is 447 g/mol. The minimum absolute atomic E-state index is 0.0606. The molecule has 0 spiro atoms. The summed E-state index contributed by atoms with van der Waals surface area (Å²) in [5, 5.41) is 16.4. The summed E-state index contributed by atoms with van der Waals surface area (Å²) in [6, 6.07) is 13.9. The smallest absolute Gasteiger partial charge is 0.357 e. The Morgan fingerprint density at radius 3 is 2.21 bits per heavy atom. The SMILES string of the molecule is Cc1c(NC(=O)C(C)n2nc(C(=O)O)c3ccccc3c2=O)c(=O)n(-c2ccccc2)n1C. The minimum Gasteiger partial charge on any atom is -0.476 e. The maximum absolute atomic E-state index is 13.1. The van der Waals surface area contributed by atoms with Gasteiger partial charge in [0.25, 0.3) is 11.1 Å². The molecule has 0 saturated carbocycles. The molecule has 0 saturated heterocycles. The van der Waals surface area contributed by atoms with E-state index in [1.807, 2.05) is 6.07 Å². The number of carbonyl (C=O) groups is 2. The molecular weight excluding hydrogens is 426 g/mol. The zero-order chi connectivity index (χ0) is 23.9. The number of fused-ring (bicyclic) bond motifs is 1. The van der Waals surface area contributed by atoms with Crippen LogP contribution in [0.1, 0.15) is 29.1 Å². The molecule has 1 unspecified atom stereocenters. The average molecular weight is 447 g/mol. The van der Waals surface area contributed by atoms with Crippen molar-refractivity contribution in [3.05, 3.63) is 86.7 Å². The lowest BCUT2D eigenvalue weighted by Crippen LogP contribution is -2.35. The topological polar surface area (TPSA) is 128 Å². The van der Waals surface area contributed by atoms with Crippen molar-refractivity contribution in [2.45, 2.75) is 19.9 Å². The lowest BCUT2D eigenvalue weighted by atomic mass is 10.1. The minimum atomic E-state index is -1.32. The van der Waals surface area contributed by atoms with Gasteiger partial charge in [-0.2, -0.15) is 5.10 Å². The van der Waals surface area contributed by atoms with Gasteiger partial charge in [0.2, 0.25) is 5.91 Å². The van der Waals surface area contributed by atoms with Crippen molar-refractivity contribution in [1.29, 1.82) is 0 Å². The largest absolute Gasteiger partial charge is 0.476 e. The number of amides is 1. The normalized spacial score (nSPS) is 12.0. The van der Waals surface area contributed by atoms with Gasteiger partial charge in [0, 0.05) is 12.4 Å². The van der Waals surface area contributed by atoms with Crippen LogP contribution in [0.25, 0.3) is 16.5 Å². The first-order chi connectivity index (χ1) is 15.7. The summed E-state index contributed by atoms with van der Waals surface area (Å²) >= 11 is 0. The summed E-state index contributed by atoms with van der Waals surface area (Å²) in [6.45, 7) is 3.10. The fourth-order valence-electron chi connectivity index (χ4n) is 3.68. The number of benzene rings is 2. The molecule has 0 fully saturated rings. The molecule has 0 aliphatic carbocycles. The summed E-state index contributed by atoms with van der Waals surface area (Å²) in [5.74, 6) is -2.00. The number of nitrogens with zero attached hydrogens (tertiary/aromatic N) is 4. The molecule has 2 heterocycles. The van der Waals surface area contributed by atoms with Crippen LogP contribution in [-0.2, 0) is 11.8 Å². The molecule has 33 heavy (non-hydrogen) atoms. The van der Waals surface area contributed by atoms with Crippen LogP contribution in [0.4, 0.5) is 5.69 Å². The summed E-state index contributed by atoms with van der Waals surface area (Å²) in [4.78, 5) is 50.7. The Balaban J connectivity index is 1.75. The number of aromatic carboxylic acids is 1. The predicted octanol–water partition coefficient (Wildman–Crippen LogP) is 2.09. The van der Waals surface area contributed by atoms with Crippen LogP contribution in [0.5, 0.6) is 0 Å². The van der Waals surface area contributed by atoms with Crippen molar-refractivity contribution in [2.75, 3.05) is 5.32 Å². The Bertz CT molecular complexity index is 1510. The molecule has 2 aromatic carbocycles. The van der Waals surface area contributed by atoms with E-state index >= 15 is 0 Å². The first-order valence-electron chi connectivity index (χ1n) is 10.1. The van der Waals surface area contributed by atoms with Gasteiger partial charge in [-0.1, -0.05) is 36.4 Å². The molecule has 2 aromatic heterocycles. The number of aromatic nitrogens is 4. The van der Waals surface area contributed by atoms with Crippen molar-refractivity contribution in [3.8, 4) is 5.69 Å². The lowest BCUT2D eigenvalue weighted by molar-refractivity contribution is -0.119. The Labute approximate surface area is 187 Å². The highest BCUT2D eigenvalue weighted by molar-refractivity contribution is 6.01. The Hall–Kier alpha value is -4.47. The number of rotatable bonds is 5. The third kappa shape index (κ3) is 3.61. The van der Waals surface area contributed by atoms with Crippen LogP contribution in [-0.4, -0.2) is 36.1 Å². The van der Waals surface area contributed by atoms with Crippen molar-refractivity contribution in [2.24, 2.45) is 7.05 Å². The maximum atomic E-state index is 13.1. The van der Waals surface area contributed by atoms with Crippen molar-refractivity contribution >= 4 is 28.3 Å². The molecule has 168 valence electrons. The molecule has 1 atom stereocenters. The zero-order valence-electron chi connectivity index (χ0n) is 18.1.